The Kier molecular flexibility index (Phi) is 7.34. The van der Waals surface area contributed by atoms with Gasteiger partial charge in [-0.3, -0.25) is 9.13 Å². The maximum atomic E-state index is 14.3. The van der Waals surface area contributed by atoms with Gasteiger partial charge in [0.05, 0.1) is 21.1 Å². The number of hydrogen-bond acceptors (Lipinski definition) is 2. The van der Waals surface area contributed by atoms with Gasteiger partial charge in [0, 0.05) is 23.0 Å². The van der Waals surface area contributed by atoms with Crippen molar-refractivity contribution in [2.75, 3.05) is 5.09 Å². The molecule has 1 aromatic heterocycles. The van der Waals surface area contributed by atoms with Gasteiger partial charge in [0.1, 0.15) is 5.82 Å². The number of nitrogens with one attached hydrogen (secondary N) is 1. The monoisotopic (exact) mass is 543 g/mol. The number of aryl methyl sites for hydroxylation is 1. The maximum Gasteiger partial charge on any atom is 0.216 e. The van der Waals surface area contributed by atoms with E-state index in [0.29, 0.717) is 15.8 Å². The summed E-state index contributed by atoms with van der Waals surface area (Å²) in [5, 5.41) is 3.94. The Morgan fingerprint density at radius 3 is 1.84 bits per heavy atom. The summed E-state index contributed by atoms with van der Waals surface area (Å²) in [4.78, 5) is 4.75. The second kappa shape index (κ2) is 10.8. The fourth-order valence-electron chi connectivity index (χ4n) is 4.16. The molecule has 1 unspecified atom stereocenters. The average Bonchev–Trinajstić information content (AvgIpc) is 3.24. The van der Waals surface area contributed by atoms with E-state index in [0.717, 1.165) is 33.7 Å². The number of aromatic nitrogens is 2. The van der Waals surface area contributed by atoms with Crippen LogP contribution < -0.4 is 5.09 Å². The molecule has 0 aliphatic carbocycles. The summed E-state index contributed by atoms with van der Waals surface area (Å²) in [6, 6.07) is 34.7. The van der Waals surface area contributed by atoms with Crippen LogP contribution in [0.3, 0.4) is 0 Å². The first-order valence-electron chi connectivity index (χ1n) is 11.7. The van der Waals surface area contributed by atoms with Crippen LogP contribution in [0.15, 0.2) is 121 Å². The first-order chi connectivity index (χ1) is 17.9. The minimum atomic E-state index is -3.40. The van der Waals surface area contributed by atoms with Crippen LogP contribution in [0.1, 0.15) is 17.0 Å². The van der Waals surface area contributed by atoms with Gasteiger partial charge in [-0.15, -0.1) is 0 Å². The van der Waals surface area contributed by atoms with Crippen molar-refractivity contribution < 1.29 is 4.57 Å². The molecular weight excluding hydrogens is 520 g/mol. The number of para-hydroxylation sites is 1. The normalized spacial score (nSPS) is 13.9. The Morgan fingerprint density at radius 1 is 0.784 bits per heavy atom. The van der Waals surface area contributed by atoms with Gasteiger partial charge in [0.25, 0.3) is 0 Å². The zero-order valence-electron chi connectivity index (χ0n) is 20.1. The second-order valence-electron chi connectivity index (χ2n) is 8.54. The Labute approximate surface area is 226 Å². The molecule has 0 spiro atoms. The van der Waals surface area contributed by atoms with Gasteiger partial charge in [-0.1, -0.05) is 102 Å². The molecule has 37 heavy (non-hydrogen) atoms. The molecule has 0 saturated carbocycles. The van der Waals surface area contributed by atoms with E-state index in [1.165, 1.54) is 0 Å². The van der Waals surface area contributed by atoms with E-state index < -0.39 is 7.29 Å². The van der Waals surface area contributed by atoms with Crippen LogP contribution in [-0.4, -0.2) is 9.55 Å². The van der Waals surface area contributed by atoms with E-state index >= 15 is 0 Å². The molecule has 4 nitrogen and oxygen atoms in total. The molecule has 5 aromatic rings. The second-order valence-corrected chi connectivity index (χ2v) is 11.5. The van der Waals surface area contributed by atoms with Crippen molar-refractivity contribution in [2.45, 2.75) is 6.92 Å². The van der Waals surface area contributed by atoms with E-state index in [1.807, 2.05) is 116 Å². The first kappa shape index (κ1) is 25.1. The Hall–Kier alpha value is -3.56. The molecule has 0 amide bonds. The lowest BCUT2D eigenvalue weighted by Gasteiger charge is -2.16. The van der Waals surface area contributed by atoms with Crippen LogP contribution in [0.4, 0.5) is 5.69 Å². The van der Waals surface area contributed by atoms with Crippen LogP contribution >= 0.6 is 30.5 Å². The van der Waals surface area contributed by atoms with Gasteiger partial charge < -0.3 is 5.09 Å². The summed E-state index contributed by atoms with van der Waals surface area (Å²) in [7, 11) is -3.40. The number of rotatable bonds is 7. The Bertz CT molecular complexity index is 1590. The molecule has 5 rings (SSSR count). The van der Waals surface area contributed by atoms with E-state index in [-0.39, 0.29) is 0 Å². The number of nitrogens with zero attached hydrogens (tertiary/aromatic N) is 2. The molecule has 0 fully saturated rings. The molecule has 1 N–H and O–H groups in total. The number of fused-ring (bicyclic) bond motifs is 1. The van der Waals surface area contributed by atoms with Crippen LogP contribution in [0.5, 0.6) is 0 Å². The molecule has 7 heteroatoms. The van der Waals surface area contributed by atoms with Crippen molar-refractivity contribution in [1.82, 2.24) is 9.55 Å². The van der Waals surface area contributed by atoms with Crippen LogP contribution in [0, 0.1) is 6.92 Å². The summed E-state index contributed by atoms with van der Waals surface area (Å²) in [5.74, 6) is 3.96. The van der Waals surface area contributed by atoms with Crippen molar-refractivity contribution in [3.8, 4) is 5.69 Å². The molecule has 4 aromatic carbocycles. The molecule has 1 heterocycles. The largest absolute Gasteiger partial charge is 0.330 e. The predicted octanol–water partition coefficient (Wildman–Crippen LogP) is 9.50. The highest BCUT2D eigenvalue weighted by molar-refractivity contribution is 7.72. The van der Waals surface area contributed by atoms with Gasteiger partial charge in [-0.05, 0) is 48.4 Å². The highest BCUT2D eigenvalue weighted by atomic mass is 35.5. The van der Waals surface area contributed by atoms with Crippen molar-refractivity contribution in [3.05, 3.63) is 138 Å². The van der Waals surface area contributed by atoms with Crippen molar-refractivity contribution in [1.29, 1.82) is 0 Å². The number of hydrogen-bond donors (Lipinski definition) is 1. The van der Waals surface area contributed by atoms with Gasteiger partial charge in [0.2, 0.25) is 7.29 Å². The van der Waals surface area contributed by atoms with Gasteiger partial charge in [0.15, 0.2) is 0 Å². The third-order valence-corrected chi connectivity index (χ3v) is 8.70. The number of benzene rings is 4. The molecule has 0 radical (unpaired) electrons. The zero-order chi connectivity index (χ0) is 25.8. The fraction of sp³-hybridized carbons (Fsp3) is 0.0333. The summed E-state index contributed by atoms with van der Waals surface area (Å²) in [6.45, 7) is 1.97. The maximum absolute atomic E-state index is 14.3. The molecule has 0 aliphatic rings. The Morgan fingerprint density at radius 2 is 1.30 bits per heavy atom. The van der Waals surface area contributed by atoms with Gasteiger partial charge >= 0.3 is 0 Å². The van der Waals surface area contributed by atoms with Crippen LogP contribution in [-0.2, 0) is 4.57 Å². The minimum Gasteiger partial charge on any atom is -0.330 e. The highest BCUT2D eigenvalue weighted by Gasteiger charge is 2.20. The van der Waals surface area contributed by atoms with Crippen LogP contribution in [0.2, 0.25) is 0 Å². The summed E-state index contributed by atoms with van der Waals surface area (Å²) < 4.78 is 16.4. The van der Waals surface area contributed by atoms with Crippen molar-refractivity contribution in [3.63, 3.8) is 0 Å². The quantitative estimate of drug-likeness (QED) is 0.208. The molecule has 0 aliphatic heterocycles. The third kappa shape index (κ3) is 5.73. The molecule has 0 bridgehead atoms. The van der Waals surface area contributed by atoms with E-state index in [2.05, 4.69) is 9.65 Å². The smallest absolute Gasteiger partial charge is 0.216 e. The summed E-state index contributed by atoms with van der Waals surface area (Å²) in [5.41, 5.74) is 4.96. The lowest BCUT2D eigenvalue weighted by molar-refractivity contribution is 0.589. The van der Waals surface area contributed by atoms with E-state index in [9.17, 15) is 4.57 Å². The summed E-state index contributed by atoms with van der Waals surface area (Å²) in [6.07, 6.45) is 0. The number of imidazole rings is 1. The predicted molar refractivity (Wildman–Crippen MR) is 158 cm³/mol. The molecular formula is C30H24Cl2N3OP. The fourth-order valence-corrected chi connectivity index (χ4v) is 7.00. The van der Waals surface area contributed by atoms with Gasteiger partial charge in [-0.25, -0.2) is 4.98 Å². The zero-order valence-corrected chi connectivity index (χ0v) is 22.5. The average molecular weight is 544 g/mol. The molecule has 1 atom stereocenters. The van der Waals surface area contributed by atoms with Crippen LogP contribution in [0.25, 0.3) is 26.8 Å². The Balaban J connectivity index is 1.56. The van der Waals surface area contributed by atoms with E-state index in [1.54, 1.807) is 11.6 Å². The number of halogens is 2. The lowest BCUT2D eigenvalue weighted by atomic mass is 10.2. The summed E-state index contributed by atoms with van der Waals surface area (Å²) >= 11 is 13.3. The number of anilines is 1. The first-order valence-corrected chi connectivity index (χ1v) is 14.3. The van der Waals surface area contributed by atoms with Crippen molar-refractivity contribution >= 4 is 57.3 Å². The van der Waals surface area contributed by atoms with E-state index in [4.69, 9.17) is 28.2 Å². The molecule has 0 saturated heterocycles. The SMILES string of the molecule is Cc1nc2cc(NP(=O)(C=C(Cl)c3ccccc3)/C=C(/Cl)c3ccccc3)ccc2n1-c1ccccc1. The molecule has 184 valence electrons. The third-order valence-electron chi connectivity index (χ3n) is 5.85. The van der Waals surface area contributed by atoms with Gasteiger partial charge in [-0.2, -0.15) is 0 Å². The minimum absolute atomic E-state index is 0.371. The standard InChI is InChI=1S/C30H24Cl2N3OP/c1-22-33-29-19-25(17-18-30(29)35(22)26-15-9-4-10-16-26)34-37(36,20-27(31)23-11-5-2-6-12-23)21-28(32)24-13-7-3-8-14-24/h2-21H,1H3,(H,34,36)/b27-20+,28-21?. The highest BCUT2D eigenvalue weighted by Crippen LogP contribution is 2.53. The lowest BCUT2D eigenvalue weighted by Crippen LogP contribution is -1.97. The topological polar surface area (TPSA) is 46.9 Å². The van der Waals surface area contributed by atoms with Crippen molar-refractivity contribution in [2.24, 2.45) is 0 Å².